The van der Waals surface area contributed by atoms with Crippen molar-refractivity contribution in [3.63, 3.8) is 0 Å². The zero-order valence-corrected chi connectivity index (χ0v) is 19.6. The van der Waals surface area contributed by atoms with Crippen molar-refractivity contribution in [3.8, 4) is 5.88 Å². The van der Waals surface area contributed by atoms with E-state index in [1.807, 2.05) is 24.3 Å². The third kappa shape index (κ3) is 6.97. The van der Waals surface area contributed by atoms with E-state index in [4.69, 9.17) is 9.47 Å². The highest BCUT2D eigenvalue weighted by Crippen LogP contribution is 2.27. The number of hydrogen-bond acceptors (Lipinski definition) is 7. The minimum Gasteiger partial charge on any atom is -0.475 e. The van der Waals surface area contributed by atoms with Crippen LogP contribution < -0.4 is 20.3 Å². The highest BCUT2D eigenvalue weighted by Gasteiger charge is 2.34. The number of alkyl halides is 2. The SMILES string of the molecule is CC(F)(F)C(=O)N[C@H]1CC[C@H](COc2nc(Nc3ccc(N4CCOCC4)cc3)ncc2F)CC1. The minimum atomic E-state index is -3.39. The Kier molecular flexibility index (Phi) is 7.94. The number of halogens is 3. The lowest BCUT2D eigenvalue weighted by molar-refractivity contribution is -0.144. The molecule has 4 rings (SSSR count). The van der Waals surface area contributed by atoms with E-state index in [0.29, 0.717) is 45.8 Å². The van der Waals surface area contributed by atoms with E-state index in [1.54, 1.807) is 0 Å². The van der Waals surface area contributed by atoms with Crippen molar-refractivity contribution < 1.29 is 27.4 Å². The Morgan fingerprint density at radius 1 is 1.17 bits per heavy atom. The lowest BCUT2D eigenvalue weighted by Crippen LogP contribution is -2.45. The van der Waals surface area contributed by atoms with Crippen LogP contribution in [0, 0.1) is 11.7 Å². The largest absolute Gasteiger partial charge is 0.475 e. The summed E-state index contributed by atoms with van der Waals surface area (Å²) in [6.45, 7) is 3.94. The third-order valence-electron chi connectivity index (χ3n) is 6.25. The molecule has 11 heteroatoms. The van der Waals surface area contributed by atoms with Gasteiger partial charge in [-0.3, -0.25) is 4.79 Å². The second-order valence-electron chi connectivity index (χ2n) is 9.01. The molecular formula is C24H30F3N5O3. The third-order valence-corrected chi connectivity index (χ3v) is 6.25. The summed E-state index contributed by atoms with van der Waals surface area (Å²) >= 11 is 0. The van der Waals surface area contributed by atoms with Crippen molar-refractivity contribution in [3.05, 3.63) is 36.3 Å². The predicted molar refractivity (Wildman–Crippen MR) is 125 cm³/mol. The van der Waals surface area contributed by atoms with E-state index in [0.717, 1.165) is 30.7 Å². The lowest BCUT2D eigenvalue weighted by Gasteiger charge is -2.29. The molecule has 0 spiro atoms. The smallest absolute Gasteiger partial charge is 0.321 e. The molecule has 1 amide bonds. The summed E-state index contributed by atoms with van der Waals surface area (Å²) in [5, 5.41) is 5.45. The zero-order valence-electron chi connectivity index (χ0n) is 19.6. The number of morpholine rings is 1. The second kappa shape index (κ2) is 11.1. The quantitative estimate of drug-likeness (QED) is 0.577. The summed E-state index contributed by atoms with van der Waals surface area (Å²) in [5.74, 6) is -5.12. The maximum Gasteiger partial charge on any atom is 0.321 e. The van der Waals surface area contributed by atoms with Gasteiger partial charge in [-0.2, -0.15) is 18.2 Å². The summed E-state index contributed by atoms with van der Waals surface area (Å²) in [6.07, 6.45) is 3.54. The fraction of sp³-hybridized carbons (Fsp3) is 0.542. The number of rotatable bonds is 8. The van der Waals surface area contributed by atoms with Crippen LogP contribution in [0.25, 0.3) is 0 Å². The fourth-order valence-electron chi connectivity index (χ4n) is 4.20. The van der Waals surface area contributed by atoms with Gasteiger partial charge >= 0.3 is 5.92 Å². The Hall–Kier alpha value is -3.08. The number of carbonyl (C=O) groups is 1. The number of carbonyl (C=O) groups excluding carboxylic acids is 1. The van der Waals surface area contributed by atoms with Crippen LogP contribution >= 0.6 is 0 Å². The molecule has 0 atom stereocenters. The molecule has 2 aliphatic rings. The van der Waals surface area contributed by atoms with Gasteiger partial charge in [0.15, 0.2) is 0 Å². The van der Waals surface area contributed by atoms with Crippen molar-refractivity contribution in [2.24, 2.45) is 5.92 Å². The average Bonchev–Trinajstić information content (AvgIpc) is 2.85. The molecule has 2 aromatic rings. The molecule has 0 bridgehead atoms. The van der Waals surface area contributed by atoms with Crippen LogP contribution in [0.5, 0.6) is 5.88 Å². The van der Waals surface area contributed by atoms with Crippen LogP contribution in [0.15, 0.2) is 30.5 Å². The van der Waals surface area contributed by atoms with Crippen LogP contribution in [-0.4, -0.2) is 60.7 Å². The van der Waals surface area contributed by atoms with Crippen LogP contribution in [0.3, 0.4) is 0 Å². The molecule has 1 saturated carbocycles. The van der Waals surface area contributed by atoms with Crippen LogP contribution in [-0.2, 0) is 9.53 Å². The molecule has 2 N–H and O–H groups in total. The van der Waals surface area contributed by atoms with Gasteiger partial charge in [-0.25, -0.2) is 4.98 Å². The molecule has 2 heterocycles. The van der Waals surface area contributed by atoms with E-state index in [1.165, 1.54) is 0 Å². The van der Waals surface area contributed by atoms with E-state index < -0.39 is 17.6 Å². The monoisotopic (exact) mass is 493 g/mol. The van der Waals surface area contributed by atoms with E-state index in [-0.39, 0.29) is 30.4 Å². The molecule has 1 aromatic carbocycles. The van der Waals surface area contributed by atoms with Crippen molar-refractivity contribution in [2.45, 2.75) is 44.6 Å². The summed E-state index contributed by atoms with van der Waals surface area (Å²) in [6, 6.07) is 7.52. The number of ether oxygens (including phenoxy) is 2. The Labute approximate surface area is 202 Å². The van der Waals surface area contributed by atoms with Crippen molar-refractivity contribution in [1.29, 1.82) is 0 Å². The maximum absolute atomic E-state index is 14.2. The van der Waals surface area contributed by atoms with Gasteiger partial charge in [0.2, 0.25) is 11.8 Å². The molecule has 1 aliphatic heterocycles. The minimum absolute atomic E-state index is 0.115. The molecule has 8 nitrogen and oxygen atoms in total. The van der Waals surface area contributed by atoms with Gasteiger partial charge in [0.25, 0.3) is 11.8 Å². The number of aromatic nitrogens is 2. The Bertz CT molecular complexity index is 989. The van der Waals surface area contributed by atoms with E-state index >= 15 is 0 Å². The number of anilines is 3. The molecule has 1 aliphatic carbocycles. The molecule has 35 heavy (non-hydrogen) atoms. The Balaban J connectivity index is 1.27. The molecule has 190 valence electrons. The van der Waals surface area contributed by atoms with Gasteiger partial charge in [0, 0.05) is 37.4 Å². The highest BCUT2D eigenvalue weighted by molar-refractivity contribution is 5.83. The molecule has 0 unspecified atom stereocenters. The van der Waals surface area contributed by atoms with Crippen LogP contribution in [0.2, 0.25) is 0 Å². The van der Waals surface area contributed by atoms with Gasteiger partial charge in [0.1, 0.15) is 0 Å². The van der Waals surface area contributed by atoms with E-state index in [9.17, 15) is 18.0 Å². The topological polar surface area (TPSA) is 88.6 Å². The number of hydrogen-bond donors (Lipinski definition) is 2. The van der Waals surface area contributed by atoms with E-state index in [2.05, 4.69) is 25.5 Å². The normalized spacial score (nSPS) is 20.9. The first kappa shape index (κ1) is 25.0. The first-order valence-electron chi connectivity index (χ1n) is 11.8. The maximum atomic E-state index is 14.2. The fourth-order valence-corrected chi connectivity index (χ4v) is 4.20. The molecule has 0 radical (unpaired) electrons. The Morgan fingerprint density at radius 2 is 1.86 bits per heavy atom. The molecular weight excluding hydrogens is 463 g/mol. The first-order chi connectivity index (χ1) is 16.8. The average molecular weight is 494 g/mol. The number of nitrogens with one attached hydrogen (secondary N) is 2. The first-order valence-corrected chi connectivity index (χ1v) is 11.8. The van der Waals surface area contributed by atoms with Crippen LogP contribution in [0.1, 0.15) is 32.6 Å². The summed E-state index contributed by atoms with van der Waals surface area (Å²) in [7, 11) is 0. The van der Waals surface area contributed by atoms with Crippen molar-refractivity contribution in [1.82, 2.24) is 15.3 Å². The van der Waals surface area contributed by atoms with Gasteiger partial charge in [-0.15, -0.1) is 0 Å². The lowest BCUT2D eigenvalue weighted by atomic mass is 9.86. The van der Waals surface area contributed by atoms with Crippen molar-refractivity contribution in [2.75, 3.05) is 43.1 Å². The number of nitrogens with zero attached hydrogens (tertiary/aromatic N) is 3. The van der Waals surface area contributed by atoms with Gasteiger partial charge in [-0.05, 0) is 55.9 Å². The zero-order chi connectivity index (χ0) is 24.8. The highest BCUT2D eigenvalue weighted by atomic mass is 19.3. The molecule has 1 saturated heterocycles. The van der Waals surface area contributed by atoms with Gasteiger partial charge in [0.05, 0.1) is 26.0 Å². The van der Waals surface area contributed by atoms with Gasteiger partial charge in [-0.1, -0.05) is 0 Å². The molecule has 2 fully saturated rings. The summed E-state index contributed by atoms with van der Waals surface area (Å²) < 4.78 is 51.4. The number of benzene rings is 1. The molecule has 1 aromatic heterocycles. The van der Waals surface area contributed by atoms with Gasteiger partial charge < -0.3 is 25.0 Å². The second-order valence-corrected chi connectivity index (χ2v) is 9.01. The predicted octanol–water partition coefficient (Wildman–Crippen LogP) is 3.90. The number of amides is 1. The van der Waals surface area contributed by atoms with Crippen molar-refractivity contribution >= 4 is 23.2 Å². The van der Waals surface area contributed by atoms with Crippen LogP contribution in [0.4, 0.5) is 30.5 Å². The Morgan fingerprint density at radius 3 is 2.51 bits per heavy atom. The standard InChI is InChI=1S/C24H30F3N5O3/c1-24(26,27)22(33)29-17-4-2-16(3-5-17)15-35-21-20(25)14-28-23(31-21)30-18-6-8-19(9-7-18)32-10-12-34-13-11-32/h6-9,14,16-17H,2-5,10-13,15H2,1H3,(H,29,33)(H,28,30,31)/t16-,17-. The summed E-state index contributed by atoms with van der Waals surface area (Å²) in [4.78, 5) is 21.9. The summed E-state index contributed by atoms with van der Waals surface area (Å²) in [5.41, 5.74) is 1.86.